The van der Waals surface area contributed by atoms with E-state index in [1.165, 1.54) is 69.2 Å². The molecule has 0 saturated carbocycles. The molecular weight excluding hydrogens is 545 g/mol. The van der Waals surface area contributed by atoms with E-state index >= 15 is 0 Å². The molecule has 1 aliphatic carbocycles. The highest BCUT2D eigenvalue weighted by Gasteiger charge is 2.30. The Kier molecular flexibility index (Phi) is 13.7. The van der Waals surface area contributed by atoms with E-state index in [1.54, 1.807) is 5.57 Å². The van der Waals surface area contributed by atoms with Gasteiger partial charge in [-0.1, -0.05) is 64.2 Å². The maximum absolute atomic E-state index is 13.2. The standard InChI is InChI=1S/C38H60FN5/c1-7-9-33(25-37-17-23-43(37)26-29(3)4)31(6)24-38(40-19-18-39)41-35-12-10-32-14-22-44(28-34(32)11-13-35)36-15-20-42(21-16-36)27-30(5)8-2/h8-9,11,13,19,24,29-30,35-37,41H,2,6-7,10,12,14-18,20-23,25-28H2,1,3-5H3/b33-9+,38-24+,40-19-. The molecule has 2 saturated heterocycles. The van der Waals surface area contributed by atoms with Crippen molar-refractivity contribution >= 4 is 6.21 Å². The molecule has 2 fully saturated rings. The van der Waals surface area contributed by atoms with Crippen molar-refractivity contribution < 1.29 is 4.39 Å². The minimum atomic E-state index is -0.576. The van der Waals surface area contributed by atoms with Gasteiger partial charge >= 0.3 is 0 Å². The zero-order valence-electron chi connectivity index (χ0n) is 28.2. The quantitative estimate of drug-likeness (QED) is 0.119. The molecule has 3 atom stereocenters. The summed E-state index contributed by atoms with van der Waals surface area (Å²) >= 11 is 0. The SMILES string of the molecule is C=CC(C)CN1CCC(N2CCC3=C(C=CC(NC(=C/C(=C)/C(=C/CC)CC4CCN4CC(C)C)/N=C\CF)CC3)C2)CC1. The van der Waals surface area contributed by atoms with E-state index < -0.39 is 6.67 Å². The number of allylic oxidation sites excluding steroid dienone is 3. The third-order valence-electron chi connectivity index (χ3n) is 9.96. The Hall–Kier alpha value is -2.28. The number of piperidine rings is 1. The van der Waals surface area contributed by atoms with Gasteiger partial charge in [0.15, 0.2) is 0 Å². The Labute approximate surface area is 268 Å². The summed E-state index contributed by atoms with van der Waals surface area (Å²) in [4.78, 5) is 12.4. The Morgan fingerprint density at radius 2 is 1.89 bits per heavy atom. The van der Waals surface area contributed by atoms with Crippen LogP contribution in [0, 0.1) is 11.8 Å². The largest absolute Gasteiger partial charge is 0.364 e. The number of aliphatic imine (C=N–C) groups is 1. The summed E-state index contributed by atoms with van der Waals surface area (Å²) in [6.45, 7) is 25.0. The van der Waals surface area contributed by atoms with E-state index in [9.17, 15) is 4.39 Å². The molecule has 0 spiro atoms. The highest BCUT2D eigenvalue weighted by molar-refractivity contribution is 5.60. The topological polar surface area (TPSA) is 34.1 Å². The first-order chi connectivity index (χ1) is 21.3. The molecule has 0 amide bonds. The van der Waals surface area contributed by atoms with E-state index in [1.807, 2.05) is 6.08 Å². The number of nitrogens with zero attached hydrogens (tertiary/aromatic N) is 4. The molecule has 4 aliphatic rings. The lowest BCUT2D eigenvalue weighted by Crippen LogP contribution is -2.49. The van der Waals surface area contributed by atoms with Gasteiger partial charge in [0.25, 0.3) is 0 Å². The zero-order valence-corrected chi connectivity index (χ0v) is 28.2. The number of likely N-dealkylation sites (tertiary alicyclic amines) is 2. The molecular formula is C38H60FN5. The van der Waals surface area contributed by atoms with Crippen molar-refractivity contribution in [3.8, 4) is 0 Å². The smallest absolute Gasteiger partial charge is 0.126 e. The number of hydrogen-bond donors (Lipinski definition) is 1. The second-order valence-corrected chi connectivity index (χ2v) is 13.9. The van der Waals surface area contributed by atoms with Crippen molar-refractivity contribution in [2.75, 3.05) is 52.5 Å². The van der Waals surface area contributed by atoms with Crippen molar-refractivity contribution in [2.45, 2.75) is 97.2 Å². The van der Waals surface area contributed by atoms with Crippen LogP contribution < -0.4 is 5.32 Å². The Morgan fingerprint density at radius 1 is 1.09 bits per heavy atom. The van der Waals surface area contributed by atoms with Gasteiger partial charge in [-0.3, -0.25) is 9.80 Å². The van der Waals surface area contributed by atoms with Gasteiger partial charge in [0.2, 0.25) is 0 Å². The van der Waals surface area contributed by atoms with Crippen molar-refractivity contribution in [1.82, 2.24) is 20.0 Å². The van der Waals surface area contributed by atoms with Crippen molar-refractivity contribution in [3.05, 3.63) is 71.7 Å². The van der Waals surface area contributed by atoms with Gasteiger partial charge < -0.3 is 10.2 Å². The third-order valence-corrected chi connectivity index (χ3v) is 9.96. The molecule has 44 heavy (non-hydrogen) atoms. The third kappa shape index (κ3) is 10.1. The predicted molar refractivity (Wildman–Crippen MR) is 187 cm³/mol. The van der Waals surface area contributed by atoms with Crippen LogP contribution in [0.3, 0.4) is 0 Å². The fraction of sp³-hybridized carbons (Fsp3) is 0.658. The van der Waals surface area contributed by atoms with Crippen LogP contribution in [0.25, 0.3) is 0 Å². The van der Waals surface area contributed by atoms with Gasteiger partial charge in [-0.25, -0.2) is 9.38 Å². The molecule has 1 N–H and O–H groups in total. The summed E-state index contributed by atoms with van der Waals surface area (Å²) in [5, 5.41) is 3.64. The van der Waals surface area contributed by atoms with Crippen LogP contribution in [0.15, 0.2) is 76.6 Å². The average molecular weight is 606 g/mol. The minimum absolute atomic E-state index is 0.159. The van der Waals surface area contributed by atoms with Gasteiger partial charge in [0.1, 0.15) is 12.5 Å². The van der Waals surface area contributed by atoms with Crippen LogP contribution in [0.1, 0.15) is 79.1 Å². The zero-order chi connectivity index (χ0) is 31.5. The van der Waals surface area contributed by atoms with Crippen LogP contribution in [-0.2, 0) is 0 Å². The van der Waals surface area contributed by atoms with Crippen molar-refractivity contribution in [2.24, 2.45) is 16.8 Å². The van der Waals surface area contributed by atoms with Crippen LogP contribution >= 0.6 is 0 Å². The maximum atomic E-state index is 13.2. The molecule has 3 unspecified atom stereocenters. The summed E-state index contributed by atoms with van der Waals surface area (Å²) < 4.78 is 13.2. The molecule has 5 nitrogen and oxygen atoms in total. The molecule has 0 bridgehead atoms. The number of alkyl halides is 1. The van der Waals surface area contributed by atoms with Gasteiger partial charge in [0, 0.05) is 50.5 Å². The van der Waals surface area contributed by atoms with E-state index in [-0.39, 0.29) is 6.04 Å². The monoisotopic (exact) mass is 605 g/mol. The molecule has 6 heteroatoms. The summed E-state index contributed by atoms with van der Waals surface area (Å²) in [6.07, 6.45) is 21.5. The Balaban J connectivity index is 1.35. The van der Waals surface area contributed by atoms with E-state index in [2.05, 4.69) is 90.2 Å². The van der Waals surface area contributed by atoms with Crippen molar-refractivity contribution in [3.63, 3.8) is 0 Å². The number of hydrogen-bond acceptors (Lipinski definition) is 5. The van der Waals surface area contributed by atoms with E-state index in [0.29, 0.717) is 29.7 Å². The van der Waals surface area contributed by atoms with Gasteiger partial charge in [-0.2, -0.15) is 0 Å². The van der Waals surface area contributed by atoms with Gasteiger partial charge in [-0.05, 0) is 106 Å². The highest BCUT2D eigenvalue weighted by atomic mass is 19.1. The molecule has 0 aromatic heterocycles. The molecule has 0 aromatic carbocycles. The lowest BCUT2D eigenvalue weighted by molar-refractivity contribution is 0.0774. The predicted octanol–water partition coefficient (Wildman–Crippen LogP) is 7.48. The lowest BCUT2D eigenvalue weighted by Gasteiger charge is -2.42. The number of rotatable bonds is 15. The Morgan fingerprint density at radius 3 is 2.55 bits per heavy atom. The summed E-state index contributed by atoms with van der Waals surface area (Å²) in [6, 6.07) is 1.43. The van der Waals surface area contributed by atoms with Gasteiger partial charge in [-0.15, -0.1) is 6.58 Å². The molecule has 0 aromatic rings. The molecule has 3 aliphatic heterocycles. The van der Waals surface area contributed by atoms with Crippen LogP contribution in [0.4, 0.5) is 4.39 Å². The second kappa shape index (κ2) is 17.4. The van der Waals surface area contributed by atoms with Crippen molar-refractivity contribution in [1.29, 1.82) is 0 Å². The fourth-order valence-corrected chi connectivity index (χ4v) is 7.32. The highest BCUT2D eigenvalue weighted by Crippen LogP contribution is 2.31. The van der Waals surface area contributed by atoms with Crippen LogP contribution in [-0.4, -0.2) is 91.5 Å². The summed E-state index contributed by atoms with van der Waals surface area (Å²) in [7, 11) is 0. The minimum Gasteiger partial charge on any atom is -0.364 e. The first kappa shape index (κ1) is 34.6. The van der Waals surface area contributed by atoms with E-state index in [0.717, 1.165) is 50.9 Å². The van der Waals surface area contributed by atoms with E-state index in [4.69, 9.17) is 0 Å². The molecule has 4 rings (SSSR count). The Bertz CT molecular complexity index is 1110. The first-order valence-corrected chi connectivity index (χ1v) is 17.5. The fourth-order valence-electron chi connectivity index (χ4n) is 7.32. The molecule has 0 radical (unpaired) electrons. The normalized spacial score (nSPS) is 25.7. The maximum Gasteiger partial charge on any atom is 0.126 e. The summed E-state index contributed by atoms with van der Waals surface area (Å²) in [5.41, 5.74) is 5.39. The summed E-state index contributed by atoms with van der Waals surface area (Å²) in [5.74, 6) is 1.94. The van der Waals surface area contributed by atoms with Crippen LogP contribution in [0.5, 0.6) is 0 Å². The lowest BCUT2D eigenvalue weighted by atomic mass is 9.90. The number of nitrogens with one attached hydrogen (secondary N) is 1. The first-order valence-electron chi connectivity index (χ1n) is 17.5. The second-order valence-electron chi connectivity index (χ2n) is 13.9. The van der Waals surface area contributed by atoms with Gasteiger partial charge in [0.05, 0.1) is 0 Å². The molecule has 3 heterocycles. The number of halogens is 1. The average Bonchev–Trinajstić information content (AvgIpc) is 3.22. The van der Waals surface area contributed by atoms with Crippen LogP contribution in [0.2, 0.25) is 0 Å². The molecule has 244 valence electrons.